The maximum atomic E-state index is 5.75. The first kappa shape index (κ1) is 29.2. The van der Waals surface area contributed by atoms with Gasteiger partial charge in [-0.3, -0.25) is 0 Å². The fourth-order valence-corrected chi connectivity index (χ4v) is 4.85. The monoisotopic (exact) mass is 654 g/mol. The van der Waals surface area contributed by atoms with Crippen molar-refractivity contribution in [2.24, 2.45) is 0 Å². The second-order valence-corrected chi connectivity index (χ2v) is 9.20. The summed E-state index contributed by atoms with van der Waals surface area (Å²) in [6.07, 6.45) is 8.50. The number of fused-ring (bicyclic) bond motifs is 6. The molecule has 0 aliphatic rings. The van der Waals surface area contributed by atoms with Gasteiger partial charge in [0.05, 0.1) is 26.4 Å². The summed E-state index contributed by atoms with van der Waals surface area (Å²) < 4.78 is 21.4. The lowest BCUT2D eigenvalue weighted by atomic mass is 10.2. The summed E-state index contributed by atoms with van der Waals surface area (Å²) in [7, 11) is 0. The lowest BCUT2D eigenvalue weighted by Gasteiger charge is -2.05. The van der Waals surface area contributed by atoms with E-state index in [9.17, 15) is 0 Å². The number of rotatable bonds is 12. The second-order valence-electron chi connectivity index (χ2n) is 9.20. The van der Waals surface area contributed by atoms with E-state index >= 15 is 0 Å². The molecular formula is C30H32Br2N4O3. The highest BCUT2D eigenvalue weighted by Gasteiger charge is 2.10. The van der Waals surface area contributed by atoms with Gasteiger partial charge in [-0.15, -0.1) is 0 Å². The van der Waals surface area contributed by atoms with Gasteiger partial charge in [0, 0.05) is 44.7 Å². The van der Waals surface area contributed by atoms with E-state index in [1.165, 1.54) is 32.6 Å². The Kier molecular flexibility index (Phi) is 10.5. The van der Waals surface area contributed by atoms with Gasteiger partial charge in [-0.25, -0.2) is 9.13 Å². The smallest absolute Gasteiger partial charge is 0.193 e. The Balaban J connectivity index is 0.00000176. The summed E-state index contributed by atoms with van der Waals surface area (Å²) in [5.74, 6) is 0. The van der Waals surface area contributed by atoms with Gasteiger partial charge in [0.25, 0.3) is 0 Å². The normalized spacial score (nSPS) is 11.3. The van der Waals surface area contributed by atoms with Crippen LogP contribution in [0, 0.1) is 0 Å². The van der Waals surface area contributed by atoms with Crippen LogP contribution in [0.5, 0.6) is 0 Å². The number of aromatic amines is 2. The summed E-state index contributed by atoms with van der Waals surface area (Å²) in [6, 6.07) is 21.1. The van der Waals surface area contributed by atoms with Crippen LogP contribution in [0.2, 0.25) is 0 Å². The topological polar surface area (TPSA) is 67.0 Å². The second kappa shape index (κ2) is 14.0. The van der Waals surface area contributed by atoms with Crippen molar-refractivity contribution in [2.75, 3.05) is 39.6 Å². The molecule has 0 aliphatic carbocycles. The van der Waals surface area contributed by atoms with Gasteiger partial charge in [0.1, 0.15) is 24.2 Å². The quantitative estimate of drug-likeness (QED) is 0.122. The molecule has 2 aromatic carbocycles. The van der Waals surface area contributed by atoms with Crippen molar-refractivity contribution in [1.82, 2.24) is 9.97 Å². The molecule has 4 heterocycles. The predicted octanol–water partition coefficient (Wildman–Crippen LogP) is -1.71. The SMILES string of the molecule is [Br-].[Br-].c1ccc2c(c1)[nH]c1c[n+](CCOCCOCCOCC[n+]3ccc4c(c3)[nH]c3ccccc34)ccc12. The molecule has 0 atom stereocenters. The Morgan fingerprint density at radius 1 is 0.462 bits per heavy atom. The molecule has 2 N–H and O–H groups in total. The minimum absolute atomic E-state index is 0. The molecule has 0 amide bonds. The average molecular weight is 656 g/mol. The average Bonchev–Trinajstić information content (AvgIpc) is 3.49. The maximum Gasteiger partial charge on any atom is 0.193 e. The van der Waals surface area contributed by atoms with Crippen molar-refractivity contribution in [1.29, 1.82) is 0 Å². The number of hydrogen-bond acceptors (Lipinski definition) is 3. The van der Waals surface area contributed by atoms with Crippen LogP contribution in [0.4, 0.5) is 0 Å². The molecule has 0 saturated carbocycles. The fourth-order valence-electron chi connectivity index (χ4n) is 4.85. The lowest BCUT2D eigenvalue weighted by molar-refractivity contribution is -0.697. The molecule has 6 rings (SSSR count). The molecule has 0 unspecified atom stereocenters. The molecule has 0 spiro atoms. The molecule has 4 aromatic heterocycles. The van der Waals surface area contributed by atoms with Crippen molar-refractivity contribution < 1.29 is 57.3 Å². The summed E-state index contributed by atoms with van der Waals surface area (Å²) >= 11 is 0. The third kappa shape index (κ3) is 6.85. The van der Waals surface area contributed by atoms with Crippen LogP contribution in [-0.2, 0) is 27.3 Å². The van der Waals surface area contributed by atoms with E-state index in [1.807, 2.05) is 0 Å². The van der Waals surface area contributed by atoms with Crippen molar-refractivity contribution in [3.05, 3.63) is 85.5 Å². The Bertz CT molecular complexity index is 1530. The summed E-state index contributed by atoms with van der Waals surface area (Å²) in [5.41, 5.74) is 4.61. The maximum absolute atomic E-state index is 5.75. The summed E-state index contributed by atoms with van der Waals surface area (Å²) in [4.78, 5) is 6.96. The number of nitrogens with one attached hydrogen (secondary N) is 2. The molecule has 0 aliphatic heterocycles. The number of hydrogen-bond donors (Lipinski definition) is 2. The zero-order chi connectivity index (χ0) is 24.9. The number of aromatic nitrogens is 4. The van der Waals surface area contributed by atoms with E-state index in [0.717, 1.165) is 24.1 Å². The summed E-state index contributed by atoms with van der Waals surface area (Å²) in [5, 5.41) is 5.01. The fraction of sp³-hybridized carbons (Fsp3) is 0.267. The molecular weight excluding hydrogens is 624 g/mol. The van der Waals surface area contributed by atoms with Crippen molar-refractivity contribution >= 4 is 43.6 Å². The highest BCUT2D eigenvalue weighted by Crippen LogP contribution is 2.24. The number of H-pyrrole nitrogens is 2. The predicted molar refractivity (Wildman–Crippen MR) is 144 cm³/mol. The van der Waals surface area contributed by atoms with Gasteiger partial charge >= 0.3 is 0 Å². The standard InChI is InChI=1S/C30H30N4O3.2BrH/c1-3-7-27-23(5-1)25-9-11-33(21-29(25)31-27)13-15-35-17-19-37-20-18-36-16-14-34-12-10-26-24-6-2-4-8-28(24)32-30(26)22-34;;/h1-12,21-22H,13-20H2;2*1H. The first-order valence-electron chi connectivity index (χ1n) is 12.9. The molecule has 7 nitrogen and oxygen atoms in total. The molecule has 204 valence electrons. The van der Waals surface area contributed by atoms with Gasteiger partial charge in [0.15, 0.2) is 37.9 Å². The number of ether oxygens (including phenoxy) is 3. The number of nitrogens with zero attached hydrogens (tertiary/aromatic N) is 2. The van der Waals surface area contributed by atoms with E-state index in [-0.39, 0.29) is 34.0 Å². The van der Waals surface area contributed by atoms with Crippen molar-refractivity contribution in [3.8, 4) is 0 Å². The van der Waals surface area contributed by atoms with Crippen LogP contribution in [0.15, 0.2) is 85.5 Å². The highest BCUT2D eigenvalue weighted by molar-refractivity contribution is 6.07. The van der Waals surface area contributed by atoms with Gasteiger partial charge in [-0.2, -0.15) is 0 Å². The lowest BCUT2D eigenvalue weighted by Crippen LogP contribution is -3.00. The zero-order valence-electron chi connectivity index (χ0n) is 21.6. The van der Waals surface area contributed by atoms with Crippen molar-refractivity contribution in [2.45, 2.75) is 13.1 Å². The van der Waals surface area contributed by atoms with Gasteiger partial charge in [-0.1, -0.05) is 36.4 Å². The van der Waals surface area contributed by atoms with Gasteiger partial charge in [0.2, 0.25) is 0 Å². The van der Waals surface area contributed by atoms with E-state index in [0.29, 0.717) is 39.6 Å². The van der Waals surface area contributed by atoms with Crippen LogP contribution < -0.4 is 43.1 Å². The van der Waals surface area contributed by atoms with Crippen LogP contribution in [0.1, 0.15) is 0 Å². The highest BCUT2D eigenvalue weighted by atomic mass is 79.9. The van der Waals surface area contributed by atoms with Crippen LogP contribution in [0.25, 0.3) is 43.6 Å². The van der Waals surface area contributed by atoms with Crippen LogP contribution in [-0.4, -0.2) is 49.6 Å². The Hall–Kier alpha value is -2.82. The first-order valence-corrected chi connectivity index (χ1v) is 12.9. The van der Waals surface area contributed by atoms with Gasteiger partial charge < -0.3 is 58.1 Å². The molecule has 9 heteroatoms. The molecule has 0 radical (unpaired) electrons. The van der Waals surface area contributed by atoms with E-state index < -0.39 is 0 Å². The third-order valence-corrected chi connectivity index (χ3v) is 6.74. The number of pyridine rings is 2. The molecule has 0 bridgehead atoms. The molecule has 6 aromatic rings. The Labute approximate surface area is 248 Å². The first-order chi connectivity index (χ1) is 18.3. The van der Waals surface area contributed by atoms with Crippen molar-refractivity contribution in [3.63, 3.8) is 0 Å². The number of halogens is 2. The molecule has 39 heavy (non-hydrogen) atoms. The Morgan fingerprint density at radius 2 is 0.846 bits per heavy atom. The zero-order valence-corrected chi connectivity index (χ0v) is 24.8. The number of para-hydroxylation sites is 2. The van der Waals surface area contributed by atoms with E-state index in [2.05, 4.69) is 105 Å². The summed E-state index contributed by atoms with van der Waals surface area (Å²) in [6.45, 7) is 5.20. The third-order valence-electron chi connectivity index (χ3n) is 6.74. The van der Waals surface area contributed by atoms with Gasteiger partial charge in [-0.05, 0) is 12.1 Å². The molecule has 0 fully saturated rings. The van der Waals surface area contributed by atoms with Crippen LogP contribution >= 0.6 is 0 Å². The Morgan fingerprint density at radius 3 is 1.31 bits per heavy atom. The number of benzene rings is 2. The van der Waals surface area contributed by atoms with E-state index in [4.69, 9.17) is 14.2 Å². The minimum Gasteiger partial charge on any atom is -1.00 e. The minimum atomic E-state index is 0. The largest absolute Gasteiger partial charge is 1.00 e. The van der Waals surface area contributed by atoms with Crippen LogP contribution in [0.3, 0.4) is 0 Å². The molecule has 0 saturated heterocycles. The van der Waals surface area contributed by atoms with E-state index in [1.54, 1.807) is 0 Å².